The summed E-state index contributed by atoms with van der Waals surface area (Å²) in [6.07, 6.45) is 3.69. The highest BCUT2D eigenvalue weighted by Gasteiger charge is 2.41. The fourth-order valence-corrected chi connectivity index (χ4v) is 2.90. The van der Waals surface area contributed by atoms with Gasteiger partial charge in [0.15, 0.2) is 0 Å². The molecule has 0 aliphatic heterocycles. The second-order valence-corrected chi connectivity index (χ2v) is 6.00. The first-order valence-electron chi connectivity index (χ1n) is 5.86. The maximum Gasteiger partial charge on any atom is 0.0465 e. The highest BCUT2D eigenvalue weighted by Crippen LogP contribution is 2.48. The highest BCUT2D eigenvalue weighted by atomic mass is 35.5. The molecule has 0 amide bonds. The van der Waals surface area contributed by atoms with Crippen molar-refractivity contribution in [3.63, 3.8) is 0 Å². The van der Waals surface area contributed by atoms with E-state index in [0.29, 0.717) is 10.4 Å². The quantitative estimate of drug-likeness (QED) is 0.762. The van der Waals surface area contributed by atoms with E-state index in [-0.39, 0.29) is 0 Å². The summed E-state index contributed by atoms with van der Waals surface area (Å²) >= 11 is 17.8. The molecule has 0 spiro atoms. The van der Waals surface area contributed by atoms with Crippen molar-refractivity contribution in [1.29, 1.82) is 0 Å². The molecule has 94 valence electrons. The Labute approximate surface area is 117 Å². The van der Waals surface area contributed by atoms with Gasteiger partial charge in [-0.25, -0.2) is 0 Å². The molecule has 1 fully saturated rings. The van der Waals surface area contributed by atoms with Crippen molar-refractivity contribution in [2.45, 2.75) is 25.8 Å². The molecular weight excluding hydrogens is 277 g/mol. The molecule has 0 atom stereocenters. The molecule has 0 bridgehead atoms. The lowest BCUT2D eigenvalue weighted by Gasteiger charge is -2.14. The van der Waals surface area contributed by atoms with Gasteiger partial charge in [-0.05, 0) is 42.4 Å². The molecular formula is C13H16Cl3N. The molecule has 4 heteroatoms. The second-order valence-electron chi connectivity index (χ2n) is 4.78. The average Bonchev–Trinajstić information content (AvgIpc) is 3.02. The molecule has 1 aromatic rings. The van der Waals surface area contributed by atoms with Crippen molar-refractivity contribution in [2.24, 2.45) is 5.41 Å². The van der Waals surface area contributed by atoms with Crippen LogP contribution in [0.25, 0.3) is 0 Å². The number of benzene rings is 1. The molecule has 1 nitrogen and oxygen atoms in total. The van der Waals surface area contributed by atoms with Gasteiger partial charge < -0.3 is 5.32 Å². The number of nitrogens with one attached hydrogen (secondary N) is 1. The monoisotopic (exact) mass is 291 g/mol. The molecule has 1 aliphatic rings. The first-order valence-corrected chi connectivity index (χ1v) is 7.15. The molecule has 2 rings (SSSR count). The van der Waals surface area contributed by atoms with Gasteiger partial charge >= 0.3 is 0 Å². The summed E-state index contributed by atoms with van der Waals surface area (Å²) in [5, 5.41) is 4.87. The third kappa shape index (κ3) is 3.75. The predicted octanol–water partition coefficient (Wildman–Crippen LogP) is 4.49. The number of hydrogen-bond donors (Lipinski definition) is 1. The van der Waals surface area contributed by atoms with Crippen LogP contribution in [0, 0.1) is 5.41 Å². The number of rotatable bonds is 6. The minimum absolute atomic E-state index is 0.459. The SMILES string of the molecule is ClCCC1(CNCc2ccc(Cl)cc2Cl)CC1. The summed E-state index contributed by atoms with van der Waals surface area (Å²) in [4.78, 5) is 0. The van der Waals surface area contributed by atoms with Gasteiger partial charge in [0, 0.05) is 29.0 Å². The van der Waals surface area contributed by atoms with E-state index in [4.69, 9.17) is 34.8 Å². The summed E-state index contributed by atoms with van der Waals surface area (Å²) in [6, 6.07) is 5.63. The van der Waals surface area contributed by atoms with E-state index >= 15 is 0 Å². The van der Waals surface area contributed by atoms with Crippen LogP contribution in [-0.2, 0) is 6.54 Å². The minimum Gasteiger partial charge on any atom is -0.312 e. The Bertz CT molecular complexity index is 388. The number of halogens is 3. The Hall–Kier alpha value is 0.0500. The lowest BCUT2D eigenvalue weighted by molar-refractivity contribution is 0.446. The minimum atomic E-state index is 0.459. The third-order valence-corrected chi connectivity index (χ3v) is 4.19. The van der Waals surface area contributed by atoms with E-state index in [2.05, 4.69) is 5.32 Å². The molecule has 1 saturated carbocycles. The van der Waals surface area contributed by atoms with Crippen molar-refractivity contribution < 1.29 is 0 Å². The Kier molecular flexibility index (Phi) is 4.59. The van der Waals surface area contributed by atoms with Gasteiger partial charge in [-0.2, -0.15) is 0 Å². The van der Waals surface area contributed by atoms with E-state index in [0.717, 1.165) is 36.0 Å². The standard InChI is InChI=1S/C13H16Cl3N/c14-6-5-13(3-4-13)9-17-8-10-1-2-11(15)7-12(10)16/h1-2,7,17H,3-6,8-9H2. The second kappa shape index (κ2) is 5.79. The molecule has 0 radical (unpaired) electrons. The van der Waals surface area contributed by atoms with Gasteiger partial charge in [-0.1, -0.05) is 29.3 Å². The van der Waals surface area contributed by atoms with E-state index in [1.165, 1.54) is 12.8 Å². The van der Waals surface area contributed by atoms with E-state index in [1.807, 2.05) is 12.1 Å². The molecule has 17 heavy (non-hydrogen) atoms. The summed E-state index contributed by atoms with van der Waals surface area (Å²) in [5.74, 6) is 0.753. The van der Waals surface area contributed by atoms with E-state index in [9.17, 15) is 0 Å². The normalized spacial score (nSPS) is 17.1. The Morgan fingerprint density at radius 3 is 2.59 bits per heavy atom. The smallest absolute Gasteiger partial charge is 0.0465 e. The van der Waals surface area contributed by atoms with Crippen LogP contribution < -0.4 is 5.32 Å². The Balaban J connectivity index is 1.82. The number of hydrogen-bond acceptors (Lipinski definition) is 1. The van der Waals surface area contributed by atoms with Gasteiger partial charge in [0.2, 0.25) is 0 Å². The van der Waals surface area contributed by atoms with Crippen molar-refractivity contribution in [2.75, 3.05) is 12.4 Å². The topological polar surface area (TPSA) is 12.0 Å². The molecule has 1 aliphatic carbocycles. The lowest BCUT2D eigenvalue weighted by atomic mass is 10.0. The van der Waals surface area contributed by atoms with Crippen LogP contribution in [0.1, 0.15) is 24.8 Å². The molecule has 0 unspecified atom stereocenters. The predicted molar refractivity (Wildman–Crippen MR) is 75.2 cm³/mol. The van der Waals surface area contributed by atoms with Crippen molar-refractivity contribution in [1.82, 2.24) is 5.32 Å². The van der Waals surface area contributed by atoms with Gasteiger partial charge in [0.1, 0.15) is 0 Å². The first-order chi connectivity index (χ1) is 8.15. The van der Waals surface area contributed by atoms with Crippen LogP contribution in [0.2, 0.25) is 10.0 Å². The maximum absolute atomic E-state index is 6.11. The lowest BCUT2D eigenvalue weighted by Crippen LogP contribution is -2.24. The van der Waals surface area contributed by atoms with Crippen LogP contribution in [-0.4, -0.2) is 12.4 Å². The van der Waals surface area contributed by atoms with Gasteiger partial charge in [0.05, 0.1) is 0 Å². The van der Waals surface area contributed by atoms with E-state index < -0.39 is 0 Å². The van der Waals surface area contributed by atoms with E-state index in [1.54, 1.807) is 6.07 Å². The van der Waals surface area contributed by atoms with Gasteiger partial charge in [-0.3, -0.25) is 0 Å². The zero-order valence-electron chi connectivity index (χ0n) is 9.61. The summed E-state index contributed by atoms with van der Waals surface area (Å²) in [5.41, 5.74) is 1.55. The average molecular weight is 293 g/mol. The molecule has 1 aromatic carbocycles. The van der Waals surface area contributed by atoms with Crippen LogP contribution in [0.3, 0.4) is 0 Å². The fraction of sp³-hybridized carbons (Fsp3) is 0.538. The van der Waals surface area contributed by atoms with Crippen molar-refractivity contribution in [3.05, 3.63) is 33.8 Å². The fourth-order valence-electron chi connectivity index (χ4n) is 2.02. The summed E-state index contributed by atoms with van der Waals surface area (Å²) in [6.45, 7) is 1.82. The van der Waals surface area contributed by atoms with Crippen LogP contribution in [0.4, 0.5) is 0 Å². The van der Waals surface area contributed by atoms with Crippen molar-refractivity contribution in [3.8, 4) is 0 Å². The zero-order chi connectivity index (χ0) is 12.3. The van der Waals surface area contributed by atoms with Gasteiger partial charge in [0.25, 0.3) is 0 Å². The van der Waals surface area contributed by atoms with Gasteiger partial charge in [-0.15, -0.1) is 11.6 Å². The van der Waals surface area contributed by atoms with Crippen molar-refractivity contribution >= 4 is 34.8 Å². The van der Waals surface area contributed by atoms with Crippen LogP contribution in [0.15, 0.2) is 18.2 Å². The molecule has 0 saturated heterocycles. The van der Waals surface area contributed by atoms with Crippen LogP contribution >= 0.6 is 34.8 Å². The Morgan fingerprint density at radius 1 is 1.24 bits per heavy atom. The first kappa shape index (κ1) is 13.5. The summed E-state index contributed by atoms with van der Waals surface area (Å²) in [7, 11) is 0. The summed E-state index contributed by atoms with van der Waals surface area (Å²) < 4.78 is 0. The molecule has 1 N–H and O–H groups in total. The molecule has 0 aromatic heterocycles. The third-order valence-electron chi connectivity index (χ3n) is 3.41. The number of alkyl halides is 1. The van der Waals surface area contributed by atoms with Crippen LogP contribution in [0.5, 0.6) is 0 Å². The maximum atomic E-state index is 6.11. The highest BCUT2D eigenvalue weighted by molar-refractivity contribution is 6.35. The molecule has 0 heterocycles. The Morgan fingerprint density at radius 2 is 2.00 bits per heavy atom. The largest absolute Gasteiger partial charge is 0.312 e. The zero-order valence-corrected chi connectivity index (χ0v) is 11.9.